The van der Waals surface area contributed by atoms with Crippen molar-refractivity contribution in [2.75, 3.05) is 13.1 Å². The fraction of sp³-hybridized carbons (Fsp3) is 0.733. The van der Waals surface area contributed by atoms with Crippen molar-refractivity contribution in [3.63, 3.8) is 0 Å². The fourth-order valence-electron chi connectivity index (χ4n) is 3.03. The molecule has 1 aromatic heterocycles. The van der Waals surface area contributed by atoms with Gasteiger partial charge < -0.3 is 5.73 Å². The number of rotatable bonds is 5. The molecule has 2 rings (SSSR count). The molecule has 0 aliphatic carbocycles. The van der Waals surface area contributed by atoms with Gasteiger partial charge in [-0.3, -0.25) is 14.4 Å². The van der Waals surface area contributed by atoms with Crippen LogP contribution in [0.2, 0.25) is 0 Å². The number of hydrogen-bond acceptors (Lipinski definition) is 3. The van der Waals surface area contributed by atoms with Crippen LogP contribution in [-0.4, -0.2) is 33.7 Å². The van der Waals surface area contributed by atoms with E-state index < -0.39 is 0 Å². The fourth-order valence-corrected chi connectivity index (χ4v) is 3.03. The highest BCUT2D eigenvalue weighted by atomic mass is 16.1. The number of carbonyl (C=O) groups excluding carboxylic acids is 1. The van der Waals surface area contributed by atoms with Gasteiger partial charge in [0.25, 0.3) is 0 Å². The third-order valence-electron chi connectivity index (χ3n) is 4.45. The molecule has 112 valence electrons. The number of nitrogens with two attached hydrogens (primary N) is 1. The van der Waals surface area contributed by atoms with E-state index in [2.05, 4.69) is 37.0 Å². The largest absolute Gasteiger partial charge is 0.369 e. The molecule has 1 fully saturated rings. The van der Waals surface area contributed by atoms with Crippen molar-refractivity contribution in [1.29, 1.82) is 0 Å². The van der Waals surface area contributed by atoms with E-state index in [0.717, 1.165) is 38.9 Å². The summed E-state index contributed by atoms with van der Waals surface area (Å²) in [5.41, 5.74) is 6.49. The van der Waals surface area contributed by atoms with Gasteiger partial charge in [-0.25, -0.2) is 0 Å². The van der Waals surface area contributed by atoms with Crippen LogP contribution < -0.4 is 5.73 Å². The monoisotopic (exact) mass is 278 g/mol. The number of likely N-dealkylation sites (tertiary alicyclic amines) is 1. The lowest BCUT2D eigenvalue weighted by atomic mass is 9.77. The summed E-state index contributed by atoms with van der Waals surface area (Å²) in [6.07, 6.45) is 6.80. The first-order valence-electron chi connectivity index (χ1n) is 7.52. The third kappa shape index (κ3) is 3.03. The van der Waals surface area contributed by atoms with Gasteiger partial charge >= 0.3 is 0 Å². The second-order valence-electron chi connectivity index (χ2n) is 6.23. The van der Waals surface area contributed by atoms with Gasteiger partial charge in [-0.05, 0) is 39.7 Å². The van der Waals surface area contributed by atoms with E-state index in [-0.39, 0.29) is 11.3 Å². The van der Waals surface area contributed by atoms with Crippen LogP contribution in [-0.2, 0) is 11.3 Å². The summed E-state index contributed by atoms with van der Waals surface area (Å²) in [5, 5.41) is 4.37. The highest BCUT2D eigenvalue weighted by molar-refractivity contribution is 5.81. The molecule has 0 saturated carbocycles. The number of aromatic nitrogens is 2. The van der Waals surface area contributed by atoms with E-state index in [1.165, 1.54) is 5.56 Å². The summed E-state index contributed by atoms with van der Waals surface area (Å²) in [5.74, 6) is -0.150. The van der Waals surface area contributed by atoms with Crippen molar-refractivity contribution in [3.05, 3.63) is 18.0 Å². The SMILES string of the molecule is CCC1(C(N)=O)CCCN(Cc2cnn(C(C)C)c2)C1. The van der Waals surface area contributed by atoms with Crippen LogP contribution in [0.3, 0.4) is 0 Å². The quantitative estimate of drug-likeness (QED) is 0.895. The Morgan fingerprint density at radius 1 is 1.55 bits per heavy atom. The van der Waals surface area contributed by atoms with Gasteiger partial charge in [-0.2, -0.15) is 5.10 Å². The minimum Gasteiger partial charge on any atom is -0.369 e. The molecule has 0 radical (unpaired) electrons. The molecule has 20 heavy (non-hydrogen) atoms. The Morgan fingerprint density at radius 3 is 2.85 bits per heavy atom. The Labute approximate surface area is 121 Å². The molecule has 0 aromatic carbocycles. The van der Waals surface area contributed by atoms with Crippen molar-refractivity contribution >= 4 is 5.91 Å². The number of nitrogens with zero attached hydrogens (tertiary/aromatic N) is 3. The lowest BCUT2D eigenvalue weighted by Crippen LogP contribution is -2.49. The normalized spacial score (nSPS) is 24.2. The molecule has 2 heterocycles. The van der Waals surface area contributed by atoms with E-state index in [1.807, 2.05) is 10.9 Å². The standard InChI is InChI=1S/C15H26N4O/c1-4-15(14(16)20)6-5-7-18(11-15)9-13-8-17-19(10-13)12(2)3/h8,10,12H,4-7,9,11H2,1-3H3,(H2,16,20). The number of hydrogen-bond donors (Lipinski definition) is 1. The van der Waals surface area contributed by atoms with Crippen LogP contribution in [0, 0.1) is 5.41 Å². The summed E-state index contributed by atoms with van der Waals surface area (Å²) in [6.45, 7) is 8.94. The van der Waals surface area contributed by atoms with Crippen molar-refractivity contribution < 1.29 is 4.79 Å². The molecule has 2 N–H and O–H groups in total. The molecule has 1 aliphatic heterocycles. The zero-order valence-electron chi connectivity index (χ0n) is 12.8. The molecule has 5 nitrogen and oxygen atoms in total. The molecule has 1 aliphatic rings. The first kappa shape index (κ1) is 15.0. The first-order valence-corrected chi connectivity index (χ1v) is 7.52. The lowest BCUT2D eigenvalue weighted by molar-refractivity contribution is -0.131. The van der Waals surface area contributed by atoms with Crippen molar-refractivity contribution in [1.82, 2.24) is 14.7 Å². The average Bonchev–Trinajstić information content (AvgIpc) is 2.87. The molecule has 1 unspecified atom stereocenters. The maximum absolute atomic E-state index is 11.8. The molecular formula is C15H26N4O. The summed E-state index contributed by atoms with van der Waals surface area (Å²) in [7, 11) is 0. The summed E-state index contributed by atoms with van der Waals surface area (Å²) >= 11 is 0. The number of piperidine rings is 1. The van der Waals surface area contributed by atoms with E-state index in [0.29, 0.717) is 6.04 Å². The minimum atomic E-state index is -0.341. The van der Waals surface area contributed by atoms with E-state index in [1.54, 1.807) is 0 Å². The Kier molecular flexibility index (Phi) is 4.48. The highest BCUT2D eigenvalue weighted by Crippen LogP contribution is 2.33. The minimum absolute atomic E-state index is 0.150. The molecule has 0 bridgehead atoms. The zero-order valence-corrected chi connectivity index (χ0v) is 12.8. The van der Waals surface area contributed by atoms with Crippen LogP contribution in [0.25, 0.3) is 0 Å². The maximum atomic E-state index is 11.8. The smallest absolute Gasteiger partial charge is 0.224 e. The van der Waals surface area contributed by atoms with Crippen LogP contribution in [0.15, 0.2) is 12.4 Å². The highest BCUT2D eigenvalue weighted by Gasteiger charge is 2.39. The van der Waals surface area contributed by atoms with Crippen LogP contribution in [0.4, 0.5) is 0 Å². The Balaban J connectivity index is 2.03. The maximum Gasteiger partial charge on any atom is 0.224 e. The molecule has 1 aromatic rings. The van der Waals surface area contributed by atoms with Gasteiger partial charge in [-0.15, -0.1) is 0 Å². The van der Waals surface area contributed by atoms with Crippen molar-refractivity contribution in [3.8, 4) is 0 Å². The van der Waals surface area contributed by atoms with Crippen LogP contribution in [0.5, 0.6) is 0 Å². The number of amides is 1. The van der Waals surface area contributed by atoms with Gasteiger partial charge in [0.05, 0.1) is 11.6 Å². The molecule has 1 saturated heterocycles. The molecule has 1 amide bonds. The Morgan fingerprint density at radius 2 is 2.30 bits per heavy atom. The van der Waals surface area contributed by atoms with Gasteiger partial charge in [0.2, 0.25) is 5.91 Å². The second kappa shape index (κ2) is 5.95. The summed E-state index contributed by atoms with van der Waals surface area (Å²) in [6, 6.07) is 0.380. The first-order chi connectivity index (χ1) is 9.47. The lowest BCUT2D eigenvalue weighted by Gasteiger charge is -2.40. The van der Waals surface area contributed by atoms with Gasteiger partial charge in [0.1, 0.15) is 0 Å². The third-order valence-corrected chi connectivity index (χ3v) is 4.45. The second-order valence-corrected chi connectivity index (χ2v) is 6.23. The predicted molar refractivity (Wildman–Crippen MR) is 79.0 cm³/mol. The average molecular weight is 278 g/mol. The van der Waals surface area contributed by atoms with Gasteiger partial charge in [0, 0.05) is 30.9 Å². The molecule has 1 atom stereocenters. The number of carbonyl (C=O) groups is 1. The molecular weight excluding hydrogens is 252 g/mol. The topological polar surface area (TPSA) is 64.2 Å². The van der Waals surface area contributed by atoms with Crippen LogP contribution in [0.1, 0.15) is 51.6 Å². The Hall–Kier alpha value is -1.36. The number of primary amides is 1. The Bertz CT molecular complexity index is 468. The molecule has 5 heteroatoms. The van der Waals surface area contributed by atoms with Gasteiger partial charge in [-0.1, -0.05) is 6.92 Å². The zero-order chi connectivity index (χ0) is 14.8. The summed E-state index contributed by atoms with van der Waals surface area (Å²) < 4.78 is 1.97. The van der Waals surface area contributed by atoms with Crippen molar-refractivity contribution in [2.45, 2.75) is 52.6 Å². The summed E-state index contributed by atoms with van der Waals surface area (Å²) in [4.78, 5) is 14.1. The van der Waals surface area contributed by atoms with E-state index in [9.17, 15) is 4.79 Å². The van der Waals surface area contributed by atoms with Gasteiger partial charge in [0.15, 0.2) is 0 Å². The van der Waals surface area contributed by atoms with Crippen molar-refractivity contribution in [2.24, 2.45) is 11.1 Å². The molecule has 0 spiro atoms. The van der Waals surface area contributed by atoms with Crippen LogP contribution >= 0.6 is 0 Å². The predicted octanol–water partition coefficient (Wildman–Crippen LogP) is 1.94. The van der Waals surface area contributed by atoms with E-state index >= 15 is 0 Å². The van der Waals surface area contributed by atoms with E-state index in [4.69, 9.17) is 5.73 Å².